The van der Waals surface area contributed by atoms with Crippen LogP contribution in [0, 0.1) is 0 Å². The van der Waals surface area contributed by atoms with Gasteiger partial charge in [0, 0.05) is 33.1 Å². The molecule has 0 aliphatic carbocycles. The van der Waals surface area contributed by atoms with Crippen LogP contribution in [0.4, 0.5) is 11.4 Å². The van der Waals surface area contributed by atoms with Gasteiger partial charge in [-0.05, 0) is 25.2 Å². The molecule has 116 valence electrons. The monoisotopic (exact) mass is 312 g/mol. The molecule has 0 unspecified atom stereocenters. The second kappa shape index (κ2) is 5.90. The van der Waals surface area contributed by atoms with Crippen LogP contribution in [0.25, 0.3) is 0 Å². The molecule has 1 amide bonds. The predicted octanol–water partition coefficient (Wildman–Crippen LogP) is -0.155. The molecule has 3 N–H and O–H groups in total. The van der Waals surface area contributed by atoms with Crippen molar-refractivity contribution in [3.05, 3.63) is 18.2 Å². The zero-order chi connectivity index (χ0) is 15.6. The van der Waals surface area contributed by atoms with Crippen LogP contribution in [-0.4, -0.2) is 52.5 Å². The van der Waals surface area contributed by atoms with Crippen molar-refractivity contribution in [1.82, 2.24) is 9.62 Å². The summed E-state index contributed by atoms with van der Waals surface area (Å²) in [7, 11) is -2.13. The number of piperazine rings is 1. The molecule has 0 aromatic heterocycles. The Bertz CT molecular complexity index is 637. The van der Waals surface area contributed by atoms with E-state index in [2.05, 4.69) is 9.62 Å². The van der Waals surface area contributed by atoms with Crippen LogP contribution in [0.15, 0.2) is 23.1 Å². The number of nitrogens with one attached hydrogen (secondary N) is 1. The van der Waals surface area contributed by atoms with E-state index in [1.165, 1.54) is 19.2 Å². The van der Waals surface area contributed by atoms with Gasteiger partial charge < -0.3 is 15.5 Å². The third-order valence-electron chi connectivity index (χ3n) is 3.64. The Balaban J connectivity index is 2.18. The number of sulfonamides is 1. The van der Waals surface area contributed by atoms with Crippen LogP contribution in [-0.2, 0) is 14.8 Å². The van der Waals surface area contributed by atoms with Crippen LogP contribution in [0.1, 0.15) is 6.92 Å². The second-order valence-electron chi connectivity index (χ2n) is 4.92. The lowest BCUT2D eigenvalue weighted by atomic mass is 10.2. The van der Waals surface area contributed by atoms with Gasteiger partial charge in [0.1, 0.15) is 0 Å². The summed E-state index contributed by atoms with van der Waals surface area (Å²) in [6.07, 6.45) is 0. The molecule has 1 saturated heterocycles. The Morgan fingerprint density at radius 1 is 1.24 bits per heavy atom. The highest BCUT2D eigenvalue weighted by atomic mass is 32.2. The maximum absolute atomic E-state index is 11.7. The largest absolute Gasteiger partial charge is 0.397 e. The average Bonchev–Trinajstić information content (AvgIpc) is 2.47. The molecule has 1 heterocycles. The van der Waals surface area contributed by atoms with E-state index in [1.807, 2.05) is 0 Å². The topological polar surface area (TPSA) is 95.7 Å². The van der Waals surface area contributed by atoms with E-state index in [9.17, 15) is 13.2 Å². The molecule has 2 rings (SSSR count). The van der Waals surface area contributed by atoms with Crippen molar-refractivity contribution in [3.8, 4) is 0 Å². The Hall–Kier alpha value is -1.80. The highest BCUT2D eigenvalue weighted by Crippen LogP contribution is 2.27. The quantitative estimate of drug-likeness (QED) is 0.757. The number of hydrogen-bond donors (Lipinski definition) is 2. The summed E-state index contributed by atoms with van der Waals surface area (Å²) in [4.78, 5) is 15.3. The number of hydrogen-bond acceptors (Lipinski definition) is 5. The van der Waals surface area contributed by atoms with Gasteiger partial charge in [-0.15, -0.1) is 0 Å². The van der Waals surface area contributed by atoms with Gasteiger partial charge in [0.2, 0.25) is 15.9 Å². The molecule has 0 atom stereocenters. The lowest BCUT2D eigenvalue weighted by Crippen LogP contribution is -2.48. The van der Waals surface area contributed by atoms with Crippen molar-refractivity contribution in [2.75, 3.05) is 43.9 Å². The van der Waals surface area contributed by atoms with E-state index < -0.39 is 10.0 Å². The number of nitrogens with two attached hydrogens (primary N) is 1. The van der Waals surface area contributed by atoms with E-state index in [4.69, 9.17) is 5.73 Å². The van der Waals surface area contributed by atoms with E-state index in [1.54, 1.807) is 17.9 Å². The number of carbonyl (C=O) groups is 1. The van der Waals surface area contributed by atoms with E-state index in [0.717, 1.165) is 5.69 Å². The summed E-state index contributed by atoms with van der Waals surface area (Å²) >= 11 is 0. The van der Waals surface area contributed by atoms with E-state index >= 15 is 0 Å². The SMILES string of the molecule is CNS(=O)(=O)c1ccc(N2CCN(C(C)=O)CC2)c(N)c1. The summed E-state index contributed by atoms with van der Waals surface area (Å²) in [5, 5.41) is 0. The Morgan fingerprint density at radius 2 is 1.86 bits per heavy atom. The van der Waals surface area contributed by atoms with Crippen molar-refractivity contribution in [1.29, 1.82) is 0 Å². The Morgan fingerprint density at radius 3 is 2.33 bits per heavy atom. The molecule has 0 radical (unpaired) electrons. The number of rotatable bonds is 3. The van der Waals surface area contributed by atoms with Gasteiger partial charge in [-0.25, -0.2) is 13.1 Å². The molecular formula is C13H20N4O3S. The number of nitrogens with zero attached hydrogens (tertiary/aromatic N) is 2. The Labute approximate surface area is 124 Å². The van der Waals surface area contributed by atoms with Gasteiger partial charge in [-0.2, -0.15) is 0 Å². The van der Waals surface area contributed by atoms with Crippen LogP contribution in [0.3, 0.4) is 0 Å². The molecule has 1 aromatic carbocycles. The molecule has 0 saturated carbocycles. The van der Waals surface area contributed by atoms with Crippen molar-refractivity contribution in [3.63, 3.8) is 0 Å². The minimum atomic E-state index is -3.49. The molecule has 1 aliphatic rings. The minimum absolute atomic E-state index is 0.0677. The molecule has 21 heavy (non-hydrogen) atoms. The van der Waals surface area contributed by atoms with Gasteiger partial charge in [0.25, 0.3) is 0 Å². The van der Waals surface area contributed by atoms with Crippen LogP contribution in [0.2, 0.25) is 0 Å². The number of nitrogen functional groups attached to an aromatic ring is 1. The minimum Gasteiger partial charge on any atom is -0.397 e. The number of anilines is 2. The van der Waals surface area contributed by atoms with Gasteiger partial charge in [0.15, 0.2) is 0 Å². The zero-order valence-corrected chi connectivity index (χ0v) is 13.0. The summed E-state index contributed by atoms with van der Waals surface area (Å²) in [5.41, 5.74) is 7.20. The van der Waals surface area contributed by atoms with Crippen LogP contribution < -0.4 is 15.4 Å². The van der Waals surface area contributed by atoms with Crippen molar-refractivity contribution in [2.24, 2.45) is 0 Å². The van der Waals surface area contributed by atoms with Crippen molar-refractivity contribution in [2.45, 2.75) is 11.8 Å². The van der Waals surface area contributed by atoms with Gasteiger partial charge >= 0.3 is 0 Å². The van der Waals surface area contributed by atoms with Gasteiger partial charge in [0.05, 0.1) is 16.3 Å². The molecule has 1 aliphatic heterocycles. The first-order chi connectivity index (χ1) is 9.85. The van der Waals surface area contributed by atoms with Crippen molar-refractivity contribution < 1.29 is 13.2 Å². The highest BCUT2D eigenvalue weighted by molar-refractivity contribution is 7.89. The van der Waals surface area contributed by atoms with E-state index in [-0.39, 0.29) is 10.8 Å². The summed E-state index contributed by atoms with van der Waals surface area (Å²) in [6.45, 7) is 4.21. The van der Waals surface area contributed by atoms with Crippen LogP contribution >= 0.6 is 0 Å². The normalized spacial score (nSPS) is 16.1. The van der Waals surface area contributed by atoms with Gasteiger partial charge in [-0.3, -0.25) is 4.79 Å². The first-order valence-electron chi connectivity index (χ1n) is 6.68. The van der Waals surface area contributed by atoms with E-state index in [0.29, 0.717) is 31.9 Å². The summed E-state index contributed by atoms with van der Waals surface area (Å²) in [6, 6.07) is 4.70. The number of benzene rings is 1. The lowest BCUT2D eigenvalue weighted by molar-refractivity contribution is -0.129. The molecule has 0 spiro atoms. The smallest absolute Gasteiger partial charge is 0.240 e. The molecule has 0 bridgehead atoms. The lowest BCUT2D eigenvalue weighted by Gasteiger charge is -2.36. The fourth-order valence-corrected chi connectivity index (χ4v) is 3.13. The fraction of sp³-hybridized carbons (Fsp3) is 0.462. The second-order valence-corrected chi connectivity index (χ2v) is 6.81. The summed E-state index contributed by atoms with van der Waals surface area (Å²) < 4.78 is 25.7. The van der Waals surface area contributed by atoms with Crippen molar-refractivity contribution >= 4 is 27.3 Å². The Kier molecular flexibility index (Phi) is 4.38. The molecule has 1 aromatic rings. The highest BCUT2D eigenvalue weighted by Gasteiger charge is 2.21. The van der Waals surface area contributed by atoms with Gasteiger partial charge in [-0.1, -0.05) is 0 Å². The predicted molar refractivity (Wildman–Crippen MR) is 81.6 cm³/mol. The third-order valence-corrected chi connectivity index (χ3v) is 5.06. The zero-order valence-electron chi connectivity index (χ0n) is 12.2. The number of amides is 1. The standard InChI is InChI=1S/C13H20N4O3S/c1-10(18)16-5-7-17(8-6-16)13-4-3-11(9-12(13)14)21(19,20)15-2/h3-4,9,15H,5-8,14H2,1-2H3. The molecule has 1 fully saturated rings. The molecule has 7 nitrogen and oxygen atoms in total. The third kappa shape index (κ3) is 3.27. The van der Waals surface area contributed by atoms with Crippen LogP contribution in [0.5, 0.6) is 0 Å². The first-order valence-corrected chi connectivity index (χ1v) is 8.17. The first kappa shape index (κ1) is 15.6. The maximum atomic E-state index is 11.7. The molecule has 8 heteroatoms. The average molecular weight is 312 g/mol. The molecular weight excluding hydrogens is 292 g/mol. The number of carbonyl (C=O) groups excluding carboxylic acids is 1. The maximum Gasteiger partial charge on any atom is 0.240 e. The fourth-order valence-electron chi connectivity index (χ4n) is 2.37. The summed E-state index contributed by atoms with van der Waals surface area (Å²) in [5.74, 6) is 0.0677.